The van der Waals surface area contributed by atoms with Crippen LogP contribution in [0.1, 0.15) is 15.9 Å². The minimum atomic E-state index is -0.373. The molecule has 2 rings (SSSR count). The van der Waals surface area contributed by atoms with Crippen molar-refractivity contribution in [3.05, 3.63) is 69.9 Å². The van der Waals surface area contributed by atoms with Crippen LogP contribution in [0.5, 0.6) is 0 Å². The third kappa shape index (κ3) is 3.41. The van der Waals surface area contributed by atoms with Crippen LogP contribution < -0.4 is 0 Å². The SMILES string of the molecule is CN(Cc1ccccc1)C(=O)c1ccc(F)c(Br)c1. The molecule has 0 atom stereocenters. The molecule has 0 heterocycles. The number of carbonyl (C=O) groups excluding carboxylic acids is 1. The highest BCUT2D eigenvalue weighted by atomic mass is 79.9. The molecule has 0 aliphatic rings. The van der Waals surface area contributed by atoms with Gasteiger partial charge in [-0.25, -0.2) is 4.39 Å². The Morgan fingerprint density at radius 3 is 2.53 bits per heavy atom. The fourth-order valence-corrected chi connectivity index (χ4v) is 2.16. The summed E-state index contributed by atoms with van der Waals surface area (Å²) in [6, 6.07) is 14.0. The quantitative estimate of drug-likeness (QED) is 0.840. The Balaban J connectivity index is 2.12. The smallest absolute Gasteiger partial charge is 0.253 e. The van der Waals surface area contributed by atoms with E-state index >= 15 is 0 Å². The Morgan fingerprint density at radius 2 is 1.89 bits per heavy atom. The molecule has 0 radical (unpaired) electrons. The second-order valence-electron chi connectivity index (χ2n) is 4.28. The van der Waals surface area contributed by atoms with Gasteiger partial charge in [0, 0.05) is 19.2 Å². The number of amides is 1. The summed E-state index contributed by atoms with van der Waals surface area (Å²) in [5, 5.41) is 0. The Bertz CT molecular complexity index is 586. The predicted octanol–water partition coefficient (Wildman–Crippen LogP) is 3.86. The summed E-state index contributed by atoms with van der Waals surface area (Å²) in [6.07, 6.45) is 0. The fourth-order valence-electron chi connectivity index (χ4n) is 1.78. The van der Waals surface area contributed by atoms with Crippen LogP contribution in [0.15, 0.2) is 53.0 Å². The molecular weight excluding hydrogens is 309 g/mol. The first-order valence-electron chi connectivity index (χ1n) is 5.82. The summed E-state index contributed by atoms with van der Waals surface area (Å²) in [6.45, 7) is 0.522. The normalized spacial score (nSPS) is 10.3. The molecule has 0 saturated carbocycles. The van der Waals surface area contributed by atoms with E-state index in [9.17, 15) is 9.18 Å². The maximum absolute atomic E-state index is 13.1. The first kappa shape index (κ1) is 13.7. The van der Waals surface area contributed by atoms with Crippen LogP contribution in [0.25, 0.3) is 0 Å². The highest BCUT2D eigenvalue weighted by molar-refractivity contribution is 9.10. The van der Waals surface area contributed by atoms with E-state index in [4.69, 9.17) is 0 Å². The summed E-state index contributed by atoms with van der Waals surface area (Å²) in [7, 11) is 1.73. The molecule has 0 saturated heterocycles. The van der Waals surface area contributed by atoms with Gasteiger partial charge in [0.2, 0.25) is 0 Å². The molecule has 0 spiro atoms. The number of rotatable bonds is 3. The highest BCUT2D eigenvalue weighted by Gasteiger charge is 2.13. The lowest BCUT2D eigenvalue weighted by atomic mass is 10.1. The van der Waals surface area contributed by atoms with Crippen molar-refractivity contribution >= 4 is 21.8 Å². The van der Waals surface area contributed by atoms with E-state index < -0.39 is 0 Å². The molecule has 2 nitrogen and oxygen atoms in total. The maximum atomic E-state index is 13.1. The van der Waals surface area contributed by atoms with Gasteiger partial charge in [-0.15, -0.1) is 0 Å². The Morgan fingerprint density at radius 1 is 1.21 bits per heavy atom. The second kappa shape index (κ2) is 5.97. The number of hydrogen-bond acceptors (Lipinski definition) is 1. The average Bonchev–Trinajstić information content (AvgIpc) is 2.42. The third-order valence-corrected chi connectivity index (χ3v) is 3.38. The highest BCUT2D eigenvalue weighted by Crippen LogP contribution is 2.18. The number of halogens is 2. The summed E-state index contributed by atoms with van der Waals surface area (Å²) in [5.41, 5.74) is 1.52. The lowest BCUT2D eigenvalue weighted by molar-refractivity contribution is 0.0785. The van der Waals surface area contributed by atoms with Crippen molar-refractivity contribution < 1.29 is 9.18 Å². The van der Waals surface area contributed by atoms with Crippen molar-refractivity contribution in [2.24, 2.45) is 0 Å². The molecular formula is C15H13BrFNO. The van der Waals surface area contributed by atoms with Gasteiger partial charge in [0.15, 0.2) is 0 Å². The number of nitrogens with zero attached hydrogens (tertiary/aromatic N) is 1. The molecule has 0 aliphatic heterocycles. The van der Waals surface area contributed by atoms with E-state index in [1.807, 2.05) is 30.3 Å². The van der Waals surface area contributed by atoms with Crippen molar-refractivity contribution in [2.45, 2.75) is 6.54 Å². The Hall–Kier alpha value is -1.68. The lowest BCUT2D eigenvalue weighted by Crippen LogP contribution is -2.26. The summed E-state index contributed by atoms with van der Waals surface area (Å²) < 4.78 is 13.4. The standard InChI is InChI=1S/C15H13BrFNO/c1-18(10-11-5-3-2-4-6-11)15(19)12-7-8-14(17)13(16)9-12/h2-9H,10H2,1H3. The fraction of sp³-hybridized carbons (Fsp3) is 0.133. The summed E-state index contributed by atoms with van der Waals surface area (Å²) >= 11 is 3.08. The lowest BCUT2D eigenvalue weighted by Gasteiger charge is -2.17. The predicted molar refractivity (Wildman–Crippen MR) is 76.3 cm³/mol. The van der Waals surface area contributed by atoms with Gasteiger partial charge < -0.3 is 4.90 Å². The Kier molecular flexibility index (Phi) is 4.32. The van der Waals surface area contributed by atoms with Crippen molar-refractivity contribution in [3.63, 3.8) is 0 Å². The van der Waals surface area contributed by atoms with Gasteiger partial charge in [-0.3, -0.25) is 4.79 Å². The van der Waals surface area contributed by atoms with E-state index in [1.54, 1.807) is 11.9 Å². The first-order valence-corrected chi connectivity index (χ1v) is 6.61. The van der Waals surface area contributed by atoms with E-state index in [2.05, 4.69) is 15.9 Å². The van der Waals surface area contributed by atoms with Gasteiger partial charge >= 0.3 is 0 Å². The van der Waals surface area contributed by atoms with Crippen molar-refractivity contribution in [2.75, 3.05) is 7.05 Å². The van der Waals surface area contributed by atoms with Gasteiger partial charge in [-0.1, -0.05) is 30.3 Å². The van der Waals surface area contributed by atoms with Crippen LogP contribution in [0.3, 0.4) is 0 Å². The molecule has 0 unspecified atom stereocenters. The van der Waals surface area contributed by atoms with Crippen molar-refractivity contribution in [1.29, 1.82) is 0 Å². The van der Waals surface area contributed by atoms with Crippen LogP contribution in [-0.4, -0.2) is 17.9 Å². The molecule has 19 heavy (non-hydrogen) atoms. The minimum Gasteiger partial charge on any atom is -0.337 e. The molecule has 0 aliphatic carbocycles. The molecule has 0 bridgehead atoms. The molecule has 4 heteroatoms. The zero-order valence-corrected chi connectivity index (χ0v) is 12.0. The molecule has 0 aromatic heterocycles. The van der Waals surface area contributed by atoms with Crippen molar-refractivity contribution in [1.82, 2.24) is 4.90 Å². The van der Waals surface area contributed by atoms with Crippen LogP contribution in [0.4, 0.5) is 4.39 Å². The van der Waals surface area contributed by atoms with Crippen LogP contribution in [0, 0.1) is 5.82 Å². The average molecular weight is 322 g/mol. The van der Waals surface area contributed by atoms with Gasteiger partial charge in [-0.2, -0.15) is 0 Å². The number of hydrogen-bond donors (Lipinski definition) is 0. The zero-order chi connectivity index (χ0) is 13.8. The van der Waals surface area contributed by atoms with E-state index in [0.717, 1.165) is 5.56 Å². The van der Waals surface area contributed by atoms with E-state index in [0.29, 0.717) is 16.6 Å². The summed E-state index contributed by atoms with van der Waals surface area (Å²) in [4.78, 5) is 13.8. The molecule has 98 valence electrons. The monoisotopic (exact) mass is 321 g/mol. The molecule has 0 N–H and O–H groups in total. The summed E-state index contributed by atoms with van der Waals surface area (Å²) in [5.74, 6) is -0.508. The minimum absolute atomic E-state index is 0.135. The molecule has 0 fully saturated rings. The largest absolute Gasteiger partial charge is 0.337 e. The van der Waals surface area contributed by atoms with Gasteiger partial charge in [0.1, 0.15) is 5.82 Å². The van der Waals surface area contributed by atoms with Crippen LogP contribution >= 0.6 is 15.9 Å². The van der Waals surface area contributed by atoms with E-state index in [-0.39, 0.29) is 11.7 Å². The third-order valence-electron chi connectivity index (χ3n) is 2.78. The van der Waals surface area contributed by atoms with Crippen molar-refractivity contribution in [3.8, 4) is 0 Å². The number of carbonyl (C=O) groups is 1. The molecule has 1 amide bonds. The van der Waals surface area contributed by atoms with E-state index in [1.165, 1.54) is 18.2 Å². The van der Waals surface area contributed by atoms with Gasteiger partial charge in [0.25, 0.3) is 5.91 Å². The first-order chi connectivity index (χ1) is 9.08. The van der Waals surface area contributed by atoms with Gasteiger partial charge in [0.05, 0.1) is 4.47 Å². The zero-order valence-electron chi connectivity index (χ0n) is 10.4. The van der Waals surface area contributed by atoms with Crippen LogP contribution in [0.2, 0.25) is 0 Å². The Labute approximate surface area is 120 Å². The maximum Gasteiger partial charge on any atom is 0.253 e. The second-order valence-corrected chi connectivity index (χ2v) is 5.13. The topological polar surface area (TPSA) is 20.3 Å². The van der Waals surface area contributed by atoms with Gasteiger partial charge in [-0.05, 0) is 39.7 Å². The molecule has 2 aromatic carbocycles. The number of benzene rings is 2. The molecule has 2 aromatic rings. The van der Waals surface area contributed by atoms with Crippen LogP contribution in [-0.2, 0) is 6.54 Å².